The molecule has 1 aliphatic rings. The second-order valence-corrected chi connectivity index (χ2v) is 8.69. The summed E-state index contributed by atoms with van der Waals surface area (Å²) in [4.78, 5) is 44.9. The van der Waals surface area contributed by atoms with Crippen LogP contribution in [0.2, 0.25) is 0 Å². The molecule has 2 aromatic heterocycles. The predicted octanol–water partition coefficient (Wildman–Crippen LogP) is 4.32. The van der Waals surface area contributed by atoms with Crippen LogP contribution < -0.4 is 5.32 Å². The number of amides is 2. The summed E-state index contributed by atoms with van der Waals surface area (Å²) >= 11 is 2.53. The zero-order valence-corrected chi connectivity index (χ0v) is 17.4. The number of hydrogen-bond acceptors (Lipinski definition) is 6. The van der Waals surface area contributed by atoms with E-state index in [9.17, 15) is 14.4 Å². The first kappa shape index (κ1) is 19.5. The number of anilines is 1. The standard InChI is InChI=1S/C21H19N3O3S2/c1-13(25)18-17(14-7-3-2-4-8-14)22-21(29-18)23-19(26)15-9-5-11-24(15)20(27)16-10-6-12-28-16/h2-4,6-8,10,12,15H,5,9,11H2,1H3,(H,22,23,26)/t15-/m0/s1. The molecule has 1 atom stereocenters. The number of thiophene rings is 1. The molecule has 1 aliphatic heterocycles. The fourth-order valence-corrected chi connectivity index (χ4v) is 4.98. The molecule has 0 spiro atoms. The minimum atomic E-state index is -0.533. The highest BCUT2D eigenvalue weighted by atomic mass is 32.1. The van der Waals surface area contributed by atoms with Crippen LogP contribution in [0.15, 0.2) is 47.8 Å². The number of nitrogens with zero attached hydrogens (tertiary/aromatic N) is 2. The number of Topliss-reactive ketones (excluding diaryl/α,β-unsaturated/α-hetero) is 1. The van der Waals surface area contributed by atoms with Crippen LogP contribution in [0.5, 0.6) is 0 Å². The van der Waals surface area contributed by atoms with Crippen LogP contribution in [-0.4, -0.2) is 40.1 Å². The number of benzene rings is 1. The summed E-state index contributed by atoms with van der Waals surface area (Å²) in [6.07, 6.45) is 1.39. The van der Waals surface area contributed by atoms with Gasteiger partial charge in [0.1, 0.15) is 6.04 Å². The minimum Gasteiger partial charge on any atom is -0.326 e. The second-order valence-electron chi connectivity index (χ2n) is 6.74. The number of likely N-dealkylation sites (tertiary alicyclic amines) is 1. The van der Waals surface area contributed by atoms with Gasteiger partial charge in [-0.25, -0.2) is 4.98 Å². The van der Waals surface area contributed by atoms with E-state index in [4.69, 9.17) is 0 Å². The highest BCUT2D eigenvalue weighted by molar-refractivity contribution is 7.18. The summed E-state index contributed by atoms with van der Waals surface area (Å²) in [5, 5.41) is 5.04. The summed E-state index contributed by atoms with van der Waals surface area (Å²) in [6, 6.07) is 12.5. The van der Waals surface area contributed by atoms with Crippen LogP contribution in [0.1, 0.15) is 39.1 Å². The summed E-state index contributed by atoms with van der Waals surface area (Å²) in [5.41, 5.74) is 1.39. The van der Waals surface area contributed by atoms with Gasteiger partial charge in [-0.1, -0.05) is 47.7 Å². The molecule has 0 radical (unpaired) electrons. The Balaban J connectivity index is 1.55. The molecule has 4 rings (SSSR count). The third kappa shape index (κ3) is 3.99. The monoisotopic (exact) mass is 425 g/mol. The Kier molecular flexibility index (Phi) is 5.55. The van der Waals surface area contributed by atoms with Gasteiger partial charge in [-0.05, 0) is 24.3 Å². The molecule has 0 bridgehead atoms. The van der Waals surface area contributed by atoms with Gasteiger partial charge in [-0.15, -0.1) is 11.3 Å². The molecule has 0 unspecified atom stereocenters. The highest BCUT2D eigenvalue weighted by Crippen LogP contribution is 2.32. The van der Waals surface area contributed by atoms with Gasteiger partial charge in [0.2, 0.25) is 5.91 Å². The van der Waals surface area contributed by atoms with Gasteiger partial charge in [0.05, 0.1) is 15.4 Å². The van der Waals surface area contributed by atoms with Crippen molar-refractivity contribution >= 4 is 45.4 Å². The summed E-state index contributed by atoms with van der Waals surface area (Å²) in [6.45, 7) is 2.05. The van der Waals surface area contributed by atoms with Crippen molar-refractivity contribution in [2.45, 2.75) is 25.8 Å². The molecule has 3 aromatic rings. The lowest BCUT2D eigenvalue weighted by Crippen LogP contribution is -2.42. The van der Waals surface area contributed by atoms with Crippen LogP contribution in [0.25, 0.3) is 11.3 Å². The summed E-state index contributed by atoms with van der Waals surface area (Å²) in [5.74, 6) is -0.487. The highest BCUT2D eigenvalue weighted by Gasteiger charge is 2.35. The van der Waals surface area contributed by atoms with Gasteiger partial charge in [-0.3, -0.25) is 14.4 Å². The smallest absolute Gasteiger partial charge is 0.264 e. The molecule has 0 aliphatic carbocycles. The summed E-state index contributed by atoms with van der Waals surface area (Å²) < 4.78 is 0. The van der Waals surface area contributed by atoms with Crippen LogP contribution in [0, 0.1) is 0 Å². The molecule has 1 saturated heterocycles. The third-order valence-corrected chi connectivity index (χ3v) is 6.70. The molecule has 29 heavy (non-hydrogen) atoms. The predicted molar refractivity (Wildman–Crippen MR) is 115 cm³/mol. The van der Waals surface area contributed by atoms with E-state index in [1.165, 1.54) is 18.3 Å². The van der Waals surface area contributed by atoms with E-state index in [0.29, 0.717) is 33.5 Å². The zero-order chi connectivity index (χ0) is 20.4. The first-order valence-electron chi connectivity index (χ1n) is 9.27. The quantitative estimate of drug-likeness (QED) is 0.618. The number of carbonyl (C=O) groups excluding carboxylic acids is 3. The summed E-state index contributed by atoms with van der Waals surface area (Å²) in [7, 11) is 0. The zero-order valence-electron chi connectivity index (χ0n) is 15.8. The van der Waals surface area contributed by atoms with Crippen molar-refractivity contribution in [3.05, 3.63) is 57.6 Å². The maximum atomic E-state index is 12.9. The van der Waals surface area contributed by atoms with Gasteiger partial charge in [0.15, 0.2) is 10.9 Å². The van der Waals surface area contributed by atoms with Crippen molar-refractivity contribution < 1.29 is 14.4 Å². The number of ketones is 1. The molecular formula is C21H19N3O3S2. The van der Waals surface area contributed by atoms with Gasteiger partial charge in [-0.2, -0.15) is 0 Å². The Labute approximate surface area is 176 Å². The first-order chi connectivity index (χ1) is 14.0. The molecule has 1 N–H and O–H groups in total. The molecule has 0 saturated carbocycles. The van der Waals surface area contributed by atoms with Crippen LogP contribution in [0.4, 0.5) is 5.13 Å². The Bertz CT molecular complexity index is 1040. The average Bonchev–Trinajstić information content (AvgIpc) is 3.47. The van der Waals surface area contributed by atoms with E-state index >= 15 is 0 Å². The Hall–Kier alpha value is -2.84. The van der Waals surface area contributed by atoms with E-state index in [2.05, 4.69) is 10.3 Å². The number of nitrogens with one attached hydrogen (secondary N) is 1. The van der Waals surface area contributed by atoms with E-state index in [0.717, 1.165) is 23.3 Å². The van der Waals surface area contributed by atoms with E-state index in [1.54, 1.807) is 11.0 Å². The Morgan fingerprint density at radius 1 is 1.14 bits per heavy atom. The van der Waals surface area contributed by atoms with Gasteiger partial charge in [0.25, 0.3) is 5.91 Å². The average molecular weight is 426 g/mol. The lowest BCUT2D eigenvalue weighted by Gasteiger charge is -2.22. The number of carbonyl (C=O) groups is 3. The van der Waals surface area contributed by atoms with Crippen molar-refractivity contribution in [2.24, 2.45) is 0 Å². The van der Waals surface area contributed by atoms with Crippen molar-refractivity contribution in [1.82, 2.24) is 9.88 Å². The number of thiazole rings is 1. The SMILES string of the molecule is CC(=O)c1sc(NC(=O)[C@@H]2CCCN2C(=O)c2cccs2)nc1-c1ccccc1. The number of rotatable bonds is 5. The van der Waals surface area contributed by atoms with E-state index in [-0.39, 0.29) is 17.6 Å². The van der Waals surface area contributed by atoms with Crippen molar-refractivity contribution in [2.75, 3.05) is 11.9 Å². The van der Waals surface area contributed by atoms with Gasteiger partial charge >= 0.3 is 0 Å². The fraction of sp³-hybridized carbons (Fsp3) is 0.238. The Morgan fingerprint density at radius 2 is 1.93 bits per heavy atom. The number of hydrogen-bond donors (Lipinski definition) is 1. The second kappa shape index (κ2) is 8.26. The van der Waals surface area contributed by atoms with Crippen molar-refractivity contribution in [3.63, 3.8) is 0 Å². The molecule has 8 heteroatoms. The maximum Gasteiger partial charge on any atom is 0.264 e. The third-order valence-electron chi connectivity index (χ3n) is 4.77. The minimum absolute atomic E-state index is 0.0998. The Morgan fingerprint density at radius 3 is 2.62 bits per heavy atom. The largest absolute Gasteiger partial charge is 0.326 e. The maximum absolute atomic E-state index is 12.9. The van der Waals surface area contributed by atoms with Gasteiger partial charge < -0.3 is 10.2 Å². The topological polar surface area (TPSA) is 79.4 Å². The molecule has 3 heterocycles. The number of aromatic nitrogens is 1. The van der Waals surface area contributed by atoms with E-state index in [1.807, 2.05) is 41.8 Å². The molecule has 2 amide bonds. The van der Waals surface area contributed by atoms with Crippen molar-refractivity contribution in [3.8, 4) is 11.3 Å². The first-order valence-corrected chi connectivity index (χ1v) is 11.0. The van der Waals surface area contributed by atoms with Gasteiger partial charge in [0, 0.05) is 19.0 Å². The van der Waals surface area contributed by atoms with Crippen molar-refractivity contribution in [1.29, 1.82) is 0 Å². The van der Waals surface area contributed by atoms with Crippen LogP contribution in [-0.2, 0) is 4.79 Å². The van der Waals surface area contributed by atoms with E-state index < -0.39 is 6.04 Å². The molecule has 1 fully saturated rings. The lowest BCUT2D eigenvalue weighted by atomic mass is 10.1. The molecule has 148 valence electrons. The normalized spacial score (nSPS) is 16.0. The molecule has 1 aromatic carbocycles. The molecule has 6 nitrogen and oxygen atoms in total. The van der Waals surface area contributed by atoms with Crippen LogP contribution in [0.3, 0.4) is 0 Å². The van der Waals surface area contributed by atoms with Crippen LogP contribution >= 0.6 is 22.7 Å². The fourth-order valence-electron chi connectivity index (χ4n) is 3.42. The molecular weight excluding hydrogens is 406 g/mol. The lowest BCUT2D eigenvalue weighted by molar-refractivity contribution is -0.119.